The summed E-state index contributed by atoms with van der Waals surface area (Å²) < 4.78 is 67.3. The van der Waals surface area contributed by atoms with Crippen LogP contribution in [-0.4, -0.2) is 362 Å². The molecule has 52 heteroatoms. The number of aliphatic hydroxyl groups excluding tert-OH is 9. The van der Waals surface area contributed by atoms with Gasteiger partial charge in [0.15, 0.2) is 36.6 Å². The molecule has 0 spiro atoms. The summed E-state index contributed by atoms with van der Waals surface area (Å²) in [6.45, 7) is 9.38. The van der Waals surface area contributed by atoms with Crippen molar-refractivity contribution in [1.29, 1.82) is 5.26 Å². The van der Waals surface area contributed by atoms with Gasteiger partial charge in [0.05, 0.1) is 19.3 Å². The zero-order valence-corrected chi connectivity index (χ0v) is 72.9. The van der Waals surface area contributed by atoms with Crippen LogP contribution in [0.15, 0.2) is 0 Å². The van der Waals surface area contributed by atoms with Gasteiger partial charge in [-0.3, -0.25) is 62.3 Å². The Morgan fingerprint density at radius 3 is 1.13 bits per heavy atom. The Morgan fingerprint density at radius 1 is 0.550 bits per heavy atom. The quantitative estimate of drug-likeness (QED) is 0.00658. The molecule has 5 aliphatic rings. The van der Waals surface area contributed by atoms with E-state index in [0.717, 1.165) is 83.9 Å². The van der Waals surface area contributed by atoms with Crippen molar-refractivity contribution in [2.45, 2.75) is 206 Å². The smallest absolute Gasteiger partial charge is 1.00 e. The topological polar surface area (TPSA) is 738 Å². The summed E-state index contributed by atoms with van der Waals surface area (Å²) in [7, 11) is 5.70. The molecule has 5 rings (SSSR count). The van der Waals surface area contributed by atoms with Gasteiger partial charge in [-0.1, -0.05) is 0 Å². The molecule has 0 aromatic rings. The first-order valence-corrected chi connectivity index (χ1v) is 35.1. The number of cyclic esters (lactones) is 1. The third-order valence-electron chi connectivity index (χ3n) is 13.6. The summed E-state index contributed by atoms with van der Waals surface area (Å²) in [6, 6.07) is -1.17. The fraction of sp³-hybridized carbons (Fsp3) is 0.763. The fourth-order valence-corrected chi connectivity index (χ4v) is 12.7. The number of thioether (sulfide) groups is 3. The van der Waals surface area contributed by atoms with Crippen LogP contribution in [0, 0.1) is 11.3 Å². The average molecular weight is 1740 g/mol. The van der Waals surface area contributed by atoms with Gasteiger partial charge in [0.2, 0.25) is 0 Å². The summed E-state index contributed by atoms with van der Waals surface area (Å²) >= 11 is 7.06. The minimum atomic E-state index is -1.46. The van der Waals surface area contributed by atoms with Gasteiger partial charge in [0.25, 0.3) is 6.47 Å². The molecule has 5 saturated heterocycles. The van der Waals surface area contributed by atoms with E-state index < -0.39 is 216 Å². The van der Waals surface area contributed by atoms with E-state index in [1.165, 1.54) is 34.9 Å². The van der Waals surface area contributed by atoms with Crippen LogP contribution in [0.5, 0.6) is 0 Å². The number of rotatable bonds is 28. The molecule has 24 atom stereocenters. The molecule has 0 bridgehead atoms. The Kier molecular flexibility index (Phi) is 69.9. The molecule has 0 aromatic carbocycles. The van der Waals surface area contributed by atoms with Crippen molar-refractivity contribution in [3.05, 3.63) is 0 Å². The van der Waals surface area contributed by atoms with Crippen LogP contribution < -0.4 is 136 Å². The summed E-state index contributed by atoms with van der Waals surface area (Å²) in [5, 5.41) is 133. The van der Waals surface area contributed by atoms with Crippen LogP contribution in [0.4, 0.5) is 0 Å². The van der Waals surface area contributed by atoms with Crippen molar-refractivity contribution in [3.8, 4) is 6.07 Å². The van der Waals surface area contributed by atoms with E-state index in [0.29, 0.717) is 6.61 Å². The van der Waals surface area contributed by atoms with Gasteiger partial charge in [-0.05, 0) is 21.1 Å². The van der Waals surface area contributed by atoms with E-state index >= 15 is 0 Å². The maximum Gasteiger partial charge on any atom is 1.00 e. The number of ether oxygens (including phenoxy) is 13. The number of carboxylic acid groups (broad SMARTS) is 3. The second-order valence-corrected chi connectivity index (χ2v) is 25.6. The molecule has 0 amide bonds. The van der Waals surface area contributed by atoms with Gasteiger partial charge in [0, 0.05) is 86.7 Å². The Morgan fingerprint density at radius 2 is 0.856 bits per heavy atom. The number of carbonyl (C=O) groups is 13. The molecule has 5 heterocycles. The number of esters is 9. The zero-order chi connectivity index (χ0) is 84.0. The van der Waals surface area contributed by atoms with Crippen molar-refractivity contribution in [3.63, 3.8) is 0 Å². The van der Waals surface area contributed by atoms with Crippen LogP contribution in [0.25, 0.3) is 0 Å². The summed E-state index contributed by atoms with van der Waals surface area (Å²) in [6.07, 6.45) is -19.6. The number of thiol groups is 1. The summed E-state index contributed by atoms with van der Waals surface area (Å²) in [5.41, 5.74) is 1.43. The number of carboxylic acids is 3. The monoisotopic (exact) mass is 1740 g/mol. The van der Waals surface area contributed by atoms with Gasteiger partial charge in [-0.15, -0.1) is 47.9 Å². The largest absolute Gasteiger partial charge is 1.00 e. The number of nitriles is 1. The predicted molar refractivity (Wildman–Crippen MR) is 371 cm³/mol. The molecule has 46 nitrogen and oxygen atoms in total. The number of likely N-dealkylation sites (N-methyl/N-ethyl adjacent to an activating group) is 3. The minimum Gasteiger partial charge on any atom is -1.00 e. The normalized spacial score (nSPS) is 28.4. The fourth-order valence-electron chi connectivity index (χ4n) is 8.58. The second kappa shape index (κ2) is 65.5. The molecule has 0 aliphatic carbocycles. The molecule has 5 fully saturated rings. The predicted octanol–water partition coefficient (Wildman–Crippen LogP) is -14.4. The molecular weight excluding hydrogens is 1640 g/mol. The molecule has 20 N–H and O–H groups in total. The van der Waals surface area contributed by atoms with Gasteiger partial charge < -0.3 is 162 Å². The second-order valence-electron chi connectivity index (χ2n) is 21.7. The molecule has 0 aromatic heterocycles. The van der Waals surface area contributed by atoms with Gasteiger partial charge in [-0.2, -0.15) is 5.26 Å². The molecule has 0 radical (unpaired) electrons. The molecule has 0 saturated carbocycles. The zero-order valence-electron chi connectivity index (χ0n) is 64.3. The Balaban J connectivity index is -0.000000246. The number of nitrogens with zero attached hydrogens (tertiary/aromatic N) is 1. The van der Waals surface area contributed by atoms with E-state index in [1.807, 2.05) is 0 Å². The van der Waals surface area contributed by atoms with Crippen LogP contribution in [0.1, 0.15) is 63.7 Å². The van der Waals surface area contributed by atoms with Crippen molar-refractivity contribution in [2.24, 2.45) is 5.73 Å². The number of hydrogen-bond acceptors (Lipinski definition) is 47. The van der Waals surface area contributed by atoms with Crippen molar-refractivity contribution < 1.29 is 300 Å². The average Bonchev–Trinajstić information content (AvgIpc) is 0.794. The van der Waals surface area contributed by atoms with Crippen molar-refractivity contribution in [2.75, 3.05) is 78.5 Å². The molecule has 20 unspecified atom stereocenters. The van der Waals surface area contributed by atoms with Crippen LogP contribution in [-0.2, 0) is 129 Å². The number of aliphatic carboxylic acids is 3. The SMILES string of the molecule is CC#N.CC(=O)OCC1OC(S)C(OC(C)=O)C(OC(C)=O)C1OC(C)=O.CN[C@@H](CSC1OC(CO)C(O)C(O)C1O)C(=O)O.CN[C@@H](CSC1OC(COC(C)=O)C(OC(C)=O)C(OC(C)=O)C1OC(C)=O)C(=O)O.CN[C@H]1COC1=O.CO.N.N[C@@H](CSC1OC(CO)C(O)C(O)C1O)C(=O)O.O=CO[O-].[H-].[K+].[K+]. The van der Waals surface area contributed by atoms with E-state index in [1.54, 1.807) is 13.1 Å². The number of aliphatic hydroxyl groups is 9. The van der Waals surface area contributed by atoms with Crippen LogP contribution >= 0.6 is 47.9 Å². The number of nitrogens with one attached hydrogen (secondary N) is 3. The Bertz CT molecular complexity index is 2830. The van der Waals surface area contributed by atoms with Gasteiger partial charge in [-0.25, -0.2) is 0 Å². The first-order valence-electron chi connectivity index (χ1n) is 31.4. The molecule has 111 heavy (non-hydrogen) atoms. The van der Waals surface area contributed by atoms with Crippen LogP contribution in [0.3, 0.4) is 0 Å². The van der Waals surface area contributed by atoms with Crippen molar-refractivity contribution >= 4 is 126 Å². The van der Waals surface area contributed by atoms with Gasteiger partial charge >= 0.3 is 174 Å². The summed E-state index contributed by atoms with van der Waals surface area (Å²) in [5.74, 6) is -8.79. The van der Waals surface area contributed by atoms with Gasteiger partial charge in [0.1, 0.15) is 127 Å². The first-order chi connectivity index (χ1) is 50.5. The number of hydrogen-bond donors (Lipinski definition) is 18. The Labute approximate surface area is 741 Å². The molecular formula is C59H102K2N6O40S4. The van der Waals surface area contributed by atoms with Crippen molar-refractivity contribution in [1.82, 2.24) is 22.1 Å². The number of carbonyl (C=O) groups excluding carboxylic acids is 10. The molecule has 5 aliphatic heterocycles. The third-order valence-corrected chi connectivity index (χ3v) is 17.7. The maximum atomic E-state index is 11.7. The molecule has 634 valence electrons. The maximum absolute atomic E-state index is 11.7. The Hall–Kier alpha value is -3.49. The standard InChI is InChI=1S/C18H27NO11S.C14H20O9S.C10H19NO7S.C9H17NO7S.C4H7NO2.C2H3N.CH2O3.CH4O.2K.H3N.H/c1-8(20)26-6-13-14(27-9(2)21)15(28-10(3)22)16(29-11(4)23)18(30-13)31-7-12(19-5)17(24)25;1-6(15)19-5-10-11(20-7(2)16)12(21-8(3)17)13(14(24)23-10)22-9(4)18;1-11-4(9(16)17)3-19-10-8(15)7(14)6(13)5(2-12)18-10;10-3(8(15)16)2-18-9-7(14)6(13)5(12)4(1-11)17-9;1-5-3-2-7-4(3)6;1-2-3;2-1-4-3;1-2;;;;/h12-16,18-19H,6-7H2,1-5H3,(H,24,25);10-14,24H,5H2,1-4H3;4-8,10-15H,2-3H2,1H3,(H,16,17);3-7,9,11-14H,1-2,10H2,(H,15,16);3,5H,2H2,1H3;1H3;1,3H;2H,1H3;;;1H3;/q;;;;;;;;2*+1;;-1/p-1/t12-,13?,14?,15?,16?,18?;;4-,5?,6?,7?,8?,10?;3-,4?,5?,6?,7?,9?;3-;;;;;;;/m0.000......./s1. The first kappa shape index (κ1) is 118. The van der Waals surface area contributed by atoms with E-state index in [2.05, 4.69) is 38.2 Å². The van der Waals surface area contributed by atoms with Crippen LogP contribution in [0.2, 0.25) is 0 Å². The van der Waals surface area contributed by atoms with E-state index in [-0.39, 0.29) is 159 Å². The van der Waals surface area contributed by atoms with E-state index in [9.17, 15) is 93.3 Å². The summed E-state index contributed by atoms with van der Waals surface area (Å²) in [4.78, 5) is 146. The minimum absolute atomic E-state index is 0. The number of nitrogens with two attached hydrogens (primary N) is 1. The van der Waals surface area contributed by atoms with E-state index in [4.69, 9.17) is 103 Å². The third kappa shape index (κ3) is 46.9.